The molecule has 1 amide bonds. The molecule has 2 rings (SSSR count). The lowest BCUT2D eigenvalue weighted by Crippen LogP contribution is -2.45. The normalized spacial score (nSPS) is 16.3. The van der Waals surface area contributed by atoms with Crippen LogP contribution in [-0.2, 0) is 4.79 Å². The van der Waals surface area contributed by atoms with Crippen molar-refractivity contribution >= 4 is 21.8 Å². The van der Waals surface area contributed by atoms with Gasteiger partial charge in [-0.25, -0.2) is 4.98 Å². The summed E-state index contributed by atoms with van der Waals surface area (Å²) in [4.78, 5) is 16.0. The third-order valence-electron chi connectivity index (χ3n) is 3.16. The van der Waals surface area contributed by atoms with E-state index in [-0.39, 0.29) is 19.0 Å². The molecular weight excluding hydrogens is 349 g/mol. The highest BCUT2D eigenvalue weighted by molar-refractivity contribution is 9.10. The molecule has 0 radical (unpaired) electrons. The summed E-state index contributed by atoms with van der Waals surface area (Å²) in [6.45, 7) is 0.177. The van der Waals surface area contributed by atoms with Crippen molar-refractivity contribution in [3.63, 3.8) is 0 Å². The van der Waals surface area contributed by atoms with Crippen molar-refractivity contribution in [2.24, 2.45) is 5.92 Å². The van der Waals surface area contributed by atoms with Crippen LogP contribution in [0.2, 0.25) is 0 Å². The summed E-state index contributed by atoms with van der Waals surface area (Å²) in [5, 5.41) is 0. The van der Waals surface area contributed by atoms with Crippen LogP contribution in [0.1, 0.15) is 18.5 Å². The zero-order valence-electron chi connectivity index (χ0n) is 11.0. The number of rotatable bonds is 0. The average molecular weight is 361 g/mol. The highest BCUT2D eigenvalue weighted by atomic mass is 79.9. The van der Waals surface area contributed by atoms with Gasteiger partial charge in [-0.2, -0.15) is 13.2 Å². The summed E-state index contributed by atoms with van der Waals surface area (Å²) >= 11 is 3.27. The Kier molecular flexibility index (Phi) is 4.88. The van der Waals surface area contributed by atoms with Gasteiger partial charge in [-0.1, -0.05) is 5.92 Å². The van der Waals surface area contributed by atoms with Crippen LogP contribution < -0.4 is 0 Å². The van der Waals surface area contributed by atoms with Crippen molar-refractivity contribution in [3.05, 3.63) is 28.5 Å². The van der Waals surface area contributed by atoms with Crippen molar-refractivity contribution in [1.82, 2.24) is 9.88 Å². The molecular formula is C14H12BrF3N2O. The number of amides is 1. The highest BCUT2D eigenvalue weighted by Crippen LogP contribution is 2.23. The predicted octanol–water partition coefficient (Wildman–Crippen LogP) is 3.00. The van der Waals surface area contributed by atoms with Gasteiger partial charge in [0.25, 0.3) is 0 Å². The molecule has 1 aliphatic heterocycles. The first-order valence-corrected chi connectivity index (χ1v) is 7.15. The topological polar surface area (TPSA) is 33.2 Å². The van der Waals surface area contributed by atoms with E-state index in [1.54, 1.807) is 12.3 Å². The molecule has 0 atom stereocenters. The number of piperidine rings is 1. The second-order valence-electron chi connectivity index (χ2n) is 4.70. The summed E-state index contributed by atoms with van der Waals surface area (Å²) < 4.78 is 37.8. The number of hydrogen-bond acceptors (Lipinski definition) is 2. The highest BCUT2D eigenvalue weighted by Gasteiger charge is 2.43. The van der Waals surface area contributed by atoms with E-state index in [2.05, 4.69) is 32.8 Å². The van der Waals surface area contributed by atoms with Crippen molar-refractivity contribution in [3.8, 4) is 11.8 Å². The number of aromatic nitrogens is 1. The number of likely N-dealkylation sites (tertiary alicyclic amines) is 1. The molecule has 0 saturated carbocycles. The molecule has 1 fully saturated rings. The summed E-state index contributed by atoms with van der Waals surface area (Å²) in [5.74, 6) is 4.15. The maximum Gasteiger partial charge on any atom is 0.471 e. The Morgan fingerprint density at radius 1 is 1.33 bits per heavy atom. The molecule has 1 aromatic rings. The van der Waals surface area contributed by atoms with Gasteiger partial charge in [0.05, 0.1) is 0 Å². The van der Waals surface area contributed by atoms with Gasteiger partial charge < -0.3 is 4.90 Å². The van der Waals surface area contributed by atoms with Crippen LogP contribution in [0.3, 0.4) is 0 Å². The second kappa shape index (κ2) is 6.48. The first-order chi connectivity index (χ1) is 9.86. The summed E-state index contributed by atoms with van der Waals surface area (Å²) in [6, 6.07) is 3.58. The largest absolute Gasteiger partial charge is 0.471 e. The van der Waals surface area contributed by atoms with Crippen molar-refractivity contribution in [1.29, 1.82) is 0 Å². The summed E-state index contributed by atoms with van der Waals surface area (Å²) in [5.41, 5.74) is 0.618. The lowest BCUT2D eigenvalue weighted by Gasteiger charge is -2.30. The van der Waals surface area contributed by atoms with E-state index in [4.69, 9.17) is 0 Å². The third kappa shape index (κ3) is 4.46. The number of alkyl halides is 3. The Hall–Kier alpha value is -1.55. The molecule has 0 aliphatic carbocycles. The number of nitrogens with zero attached hydrogens (tertiary/aromatic N) is 2. The van der Waals surface area contributed by atoms with Gasteiger partial charge in [0.2, 0.25) is 0 Å². The molecule has 7 heteroatoms. The molecule has 0 aromatic carbocycles. The molecule has 1 saturated heterocycles. The lowest BCUT2D eigenvalue weighted by atomic mass is 9.97. The predicted molar refractivity (Wildman–Crippen MR) is 74.2 cm³/mol. The molecule has 2 heterocycles. The number of carbonyl (C=O) groups excluding carboxylic acids is 1. The standard InChI is InChI=1S/C14H12BrF3N2O/c15-11-2-4-12(19-9-11)3-1-10-5-7-20(8-6-10)13(21)14(16,17)18/h2,4,9-10H,5-8H2. The molecule has 112 valence electrons. The van der Waals surface area contributed by atoms with Crippen LogP contribution in [-0.4, -0.2) is 35.1 Å². The van der Waals surface area contributed by atoms with E-state index in [0.29, 0.717) is 18.5 Å². The molecule has 1 aliphatic rings. The van der Waals surface area contributed by atoms with Crippen LogP contribution in [0.5, 0.6) is 0 Å². The fourth-order valence-corrected chi connectivity index (χ4v) is 2.27. The molecule has 21 heavy (non-hydrogen) atoms. The van der Waals surface area contributed by atoms with E-state index in [1.807, 2.05) is 6.07 Å². The van der Waals surface area contributed by atoms with E-state index in [9.17, 15) is 18.0 Å². The van der Waals surface area contributed by atoms with Crippen molar-refractivity contribution < 1.29 is 18.0 Å². The SMILES string of the molecule is O=C(N1CCC(C#Cc2ccc(Br)cn2)CC1)C(F)(F)F. The molecule has 0 bridgehead atoms. The molecule has 0 spiro atoms. The fraction of sp³-hybridized carbons (Fsp3) is 0.429. The zero-order valence-corrected chi connectivity index (χ0v) is 12.5. The Bertz CT molecular complexity index is 567. The second-order valence-corrected chi connectivity index (χ2v) is 5.61. The molecule has 1 aromatic heterocycles. The quantitative estimate of drug-likeness (QED) is 0.666. The van der Waals surface area contributed by atoms with Gasteiger partial charge in [-0.3, -0.25) is 4.79 Å². The first-order valence-electron chi connectivity index (χ1n) is 6.35. The minimum absolute atomic E-state index is 0.00673. The van der Waals surface area contributed by atoms with Crippen molar-refractivity contribution in [2.45, 2.75) is 19.0 Å². The number of halogens is 4. The Morgan fingerprint density at radius 2 is 2.00 bits per heavy atom. The van der Waals surface area contributed by atoms with E-state index in [0.717, 1.165) is 9.37 Å². The smallest absolute Gasteiger partial charge is 0.335 e. The Balaban J connectivity index is 1.90. The van der Waals surface area contributed by atoms with Crippen LogP contribution in [0.25, 0.3) is 0 Å². The summed E-state index contributed by atoms with van der Waals surface area (Å²) in [7, 11) is 0. The average Bonchev–Trinajstić information content (AvgIpc) is 2.45. The minimum Gasteiger partial charge on any atom is -0.335 e. The van der Waals surface area contributed by atoms with Gasteiger partial charge in [-0.15, -0.1) is 0 Å². The van der Waals surface area contributed by atoms with E-state index >= 15 is 0 Å². The van der Waals surface area contributed by atoms with E-state index in [1.165, 1.54) is 0 Å². The first kappa shape index (κ1) is 15.8. The fourth-order valence-electron chi connectivity index (χ4n) is 2.03. The maximum atomic E-state index is 12.3. The van der Waals surface area contributed by atoms with E-state index < -0.39 is 12.1 Å². The maximum absolute atomic E-state index is 12.3. The number of hydrogen-bond donors (Lipinski definition) is 0. The monoisotopic (exact) mass is 360 g/mol. The van der Waals surface area contributed by atoms with Crippen LogP contribution in [0, 0.1) is 17.8 Å². The Labute approximate surface area is 128 Å². The number of pyridine rings is 1. The van der Waals surface area contributed by atoms with Gasteiger partial charge in [0.1, 0.15) is 5.69 Å². The molecule has 0 N–H and O–H groups in total. The summed E-state index contributed by atoms with van der Waals surface area (Å²) in [6.07, 6.45) is -2.26. The molecule has 3 nitrogen and oxygen atoms in total. The molecule has 0 unspecified atom stereocenters. The Morgan fingerprint density at radius 3 is 2.52 bits per heavy atom. The van der Waals surface area contributed by atoms with Gasteiger partial charge in [0.15, 0.2) is 0 Å². The lowest BCUT2D eigenvalue weighted by molar-refractivity contribution is -0.186. The van der Waals surface area contributed by atoms with Crippen LogP contribution in [0.15, 0.2) is 22.8 Å². The number of carbonyl (C=O) groups is 1. The van der Waals surface area contributed by atoms with Crippen LogP contribution in [0.4, 0.5) is 13.2 Å². The van der Waals surface area contributed by atoms with Crippen LogP contribution >= 0.6 is 15.9 Å². The minimum atomic E-state index is -4.79. The third-order valence-corrected chi connectivity index (χ3v) is 3.63. The van der Waals surface area contributed by atoms with Crippen molar-refractivity contribution in [2.75, 3.05) is 13.1 Å². The van der Waals surface area contributed by atoms with Gasteiger partial charge >= 0.3 is 12.1 Å². The zero-order chi connectivity index (χ0) is 15.5. The van der Waals surface area contributed by atoms with Gasteiger partial charge in [-0.05, 0) is 46.8 Å². The van der Waals surface area contributed by atoms with Gasteiger partial charge in [0, 0.05) is 29.7 Å².